The molecule has 0 unspecified atom stereocenters. The SMILES string of the molecule is OSC1=CC=C=C1. The van der Waals surface area contributed by atoms with E-state index in [0.29, 0.717) is 0 Å². The van der Waals surface area contributed by atoms with E-state index in [4.69, 9.17) is 4.55 Å². The third-order valence-corrected chi connectivity index (χ3v) is 1.14. The third kappa shape index (κ3) is 0.967. The van der Waals surface area contributed by atoms with E-state index in [1.165, 1.54) is 0 Å². The van der Waals surface area contributed by atoms with Gasteiger partial charge in [-0.3, -0.25) is 0 Å². The van der Waals surface area contributed by atoms with Gasteiger partial charge in [0.05, 0.1) is 0 Å². The van der Waals surface area contributed by atoms with E-state index in [2.05, 4.69) is 5.73 Å². The van der Waals surface area contributed by atoms with E-state index in [1.54, 1.807) is 18.2 Å². The van der Waals surface area contributed by atoms with Crippen LogP contribution in [0.2, 0.25) is 0 Å². The fourth-order valence-corrected chi connectivity index (χ4v) is 0.615. The monoisotopic (exact) mass is 112 g/mol. The minimum atomic E-state index is 0.744. The first kappa shape index (κ1) is 4.72. The molecule has 7 heavy (non-hydrogen) atoms. The fourth-order valence-electron chi connectivity index (χ4n) is 0.365. The van der Waals surface area contributed by atoms with Gasteiger partial charge in [0.15, 0.2) is 0 Å². The maximum atomic E-state index is 8.32. The van der Waals surface area contributed by atoms with Crippen molar-refractivity contribution in [2.45, 2.75) is 0 Å². The molecule has 0 saturated carbocycles. The van der Waals surface area contributed by atoms with Crippen LogP contribution in [0.25, 0.3) is 0 Å². The van der Waals surface area contributed by atoms with Gasteiger partial charge in [-0.25, -0.2) is 0 Å². The fraction of sp³-hybridized carbons (Fsp3) is 0. The van der Waals surface area contributed by atoms with Crippen molar-refractivity contribution in [3.8, 4) is 0 Å². The van der Waals surface area contributed by atoms with Gasteiger partial charge in [0.2, 0.25) is 0 Å². The van der Waals surface area contributed by atoms with Gasteiger partial charge in [0, 0.05) is 16.9 Å². The molecule has 1 aliphatic carbocycles. The first-order valence-corrected chi connectivity index (χ1v) is 2.65. The number of hydrogen-bond acceptors (Lipinski definition) is 2. The Kier molecular flexibility index (Phi) is 1.37. The highest BCUT2D eigenvalue weighted by molar-refractivity contribution is 7.97. The van der Waals surface area contributed by atoms with Gasteiger partial charge in [-0.1, -0.05) is 0 Å². The average molecular weight is 112 g/mol. The van der Waals surface area contributed by atoms with Crippen molar-refractivity contribution in [1.82, 2.24) is 0 Å². The molecule has 1 nitrogen and oxygen atoms in total. The Labute approximate surface area is 46.3 Å². The van der Waals surface area contributed by atoms with Gasteiger partial charge in [-0.05, 0) is 18.2 Å². The summed E-state index contributed by atoms with van der Waals surface area (Å²) in [5.41, 5.74) is 2.80. The topological polar surface area (TPSA) is 20.2 Å². The predicted molar refractivity (Wildman–Crippen MR) is 31.0 cm³/mol. The van der Waals surface area contributed by atoms with Crippen LogP contribution in [-0.2, 0) is 0 Å². The smallest absolute Gasteiger partial charge is 0.0433 e. The molecule has 0 spiro atoms. The predicted octanol–water partition coefficient (Wildman–Crippen LogP) is 1.80. The number of allylic oxidation sites excluding steroid dienone is 2. The van der Waals surface area contributed by atoms with Crippen LogP contribution in [0.3, 0.4) is 0 Å². The molecular weight excluding hydrogens is 108 g/mol. The summed E-state index contributed by atoms with van der Waals surface area (Å²) >= 11 is 0.744. The lowest BCUT2D eigenvalue weighted by atomic mass is 10.6. The molecule has 0 aromatic heterocycles. The molecule has 0 aromatic rings. The van der Waals surface area contributed by atoms with Crippen LogP contribution >= 0.6 is 12.0 Å². The van der Waals surface area contributed by atoms with E-state index in [1.807, 2.05) is 0 Å². The lowest BCUT2D eigenvalue weighted by Gasteiger charge is -1.81. The molecule has 2 heteroatoms. The van der Waals surface area contributed by atoms with Gasteiger partial charge in [-0.15, -0.1) is 5.73 Å². The Morgan fingerprint density at radius 1 is 1.71 bits per heavy atom. The van der Waals surface area contributed by atoms with Crippen molar-refractivity contribution in [2.24, 2.45) is 0 Å². The zero-order chi connectivity index (χ0) is 5.11. The van der Waals surface area contributed by atoms with Crippen LogP contribution in [0.5, 0.6) is 0 Å². The first-order chi connectivity index (χ1) is 3.43. The second-order valence-corrected chi connectivity index (χ2v) is 1.79. The van der Waals surface area contributed by atoms with E-state index in [-0.39, 0.29) is 0 Å². The van der Waals surface area contributed by atoms with E-state index in [9.17, 15) is 0 Å². The van der Waals surface area contributed by atoms with E-state index >= 15 is 0 Å². The highest BCUT2D eigenvalue weighted by Crippen LogP contribution is 2.14. The Bertz CT molecular complexity index is 151. The van der Waals surface area contributed by atoms with Crippen LogP contribution in [-0.4, -0.2) is 4.55 Å². The second-order valence-electron chi connectivity index (χ2n) is 1.14. The zero-order valence-electron chi connectivity index (χ0n) is 3.59. The van der Waals surface area contributed by atoms with E-state index in [0.717, 1.165) is 16.9 Å². The summed E-state index contributed by atoms with van der Waals surface area (Å²) in [6.07, 6.45) is 5.29. The largest absolute Gasteiger partial charge is 0.325 e. The van der Waals surface area contributed by atoms with Crippen LogP contribution in [0.1, 0.15) is 0 Å². The molecule has 0 amide bonds. The minimum Gasteiger partial charge on any atom is -0.325 e. The molecule has 0 heterocycles. The molecule has 0 aromatic carbocycles. The zero-order valence-corrected chi connectivity index (χ0v) is 4.40. The molecule has 1 N–H and O–H groups in total. The summed E-state index contributed by atoms with van der Waals surface area (Å²) in [6.45, 7) is 0. The minimum absolute atomic E-state index is 0.744. The maximum Gasteiger partial charge on any atom is 0.0433 e. The lowest BCUT2D eigenvalue weighted by molar-refractivity contribution is 0.670. The highest BCUT2D eigenvalue weighted by atomic mass is 32.2. The summed E-state index contributed by atoms with van der Waals surface area (Å²) in [5.74, 6) is 0. The summed E-state index contributed by atoms with van der Waals surface area (Å²) < 4.78 is 8.32. The standard InChI is InChI=1S/C5H4OS/c6-7-5-3-1-2-4-5/h1,3-4,6H. The summed E-state index contributed by atoms with van der Waals surface area (Å²) in [7, 11) is 0. The first-order valence-electron chi connectivity index (χ1n) is 1.87. The van der Waals surface area contributed by atoms with Crippen molar-refractivity contribution >= 4 is 12.0 Å². The van der Waals surface area contributed by atoms with Gasteiger partial charge in [0.1, 0.15) is 0 Å². The maximum absolute atomic E-state index is 8.32. The van der Waals surface area contributed by atoms with Crippen molar-refractivity contribution in [1.29, 1.82) is 0 Å². The molecule has 36 valence electrons. The lowest BCUT2D eigenvalue weighted by Crippen LogP contribution is -1.57. The Morgan fingerprint density at radius 3 is 2.86 bits per heavy atom. The van der Waals surface area contributed by atoms with Crippen LogP contribution < -0.4 is 0 Å². The molecular formula is C5H4OS. The molecule has 0 radical (unpaired) electrons. The van der Waals surface area contributed by atoms with Crippen molar-refractivity contribution in [3.05, 3.63) is 28.9 Å². The van der Waals surface area contributed by atoms with E-state index < -0.39 is 0 Å². The average Bonchev–Trinajstić information content (AvgIpc) is 2.14. The summed E-state index contributed by atoms with van der Waals surface area (Å²) in [5, 5.41) is 0. The van der Waals surface area contributed by atoms with Gasteiger partial charge >= 0.3 is 0 Å². The molecule has 1 aliphatic rings. The van der Waals surface area contributed by atoms with Crippen molar-refractivity contribution < 1.29 is 4.55 Å². The third-order valence-electron chi connectivity index (χ3n) is 0.675. The second kappa shape index (κ2) is 2.03. The van der Waals surface area contributed by atoms with Gasteiger partial charge < -0.3 is 4.55 Å². The normalized spacial score (nSPS) is 15.3. The highest BCUT2D eigenvalue weighted by Gasteiger charge is 1.88. The van der Waals surface area contributed by atoms with Crippen molar-refractivity contribution in [3.63, 3.8) is 0 Å². The van der Waals surface area contributed by atoms with Crippen LogP contribution in [0, 0.1) is 0 Å². The van der Waals surface area contributed by atoms with Crippen LogP contribution in [0.4, 0.5) is 0 Å². The molecule has 1 rings (SSSR count). The molecule has 0 fully saturated rings. The summed E-state index contributed by atoms with van der Waals surface area (Å²) in [6, 6.07) is 0. The number of rotatable bonds is 1. The Balaban J connectivity index is 2.63. The number of hydrogen-bond donors (Lipinski definition) is 1. The summed E-state index contributed by atoms with van der Waals surface area (Å²) in [4.78, 5) is 0.847. The molecule has 0 aliphatic heterocycles. The van der Waals surface area contributed by atoms with Crippen molar-refractivity contribution in [2.75, 3.05) is 0 Å². The van der Waals surface area contributed by atoms with Gasteiger partial charge in [-0.2, -0.15) is 0 Å². The van der Waals surface area contributed by atoms with Gasteiger partial charge in [0.25, 0.3) is 0 Å². The van der Waals surface area contributed by atoms with Crippen LogP contribution in [0.15, 0.2) is 28.9 Å². The quantitative estimate of drug-likeness (QED) is 0.412. The Hall–Kier alpha value is -0.430. The Morgan fingerprint density at radius 2 is 2.57 bits per heavy atom. The molecule has 0 saturated heterocycles. The molecule has 0 bridgehead atoms. The molecule has 0 atom stereocenters.